The number of aryl methyl sites for hydroxylation is 2. The molecule has 0 aliphatic rings. The first-order valence-electron chi connectivity index (χ1n) is 10.2. The van der Waals surface area contributed by atoms with E-state index in [1.54, 1.807) is 24.0 Å². The number of nitrogens with zero attached hydrogens (tertiary/aromatic N) is 1. The fourth-order valence-electron chi connectivity index (χ4n) is 3.12. The fraction of sp³-hybridized carbons (Fsp3) is 0.417. The van der Waals surface area contributed by atoms with E-state index in [-0.39, 0.29) is 24.8 Å². The molecule has 1 N–H and O–H groups in total. The van der Waals surface area contributed by atoms with E-state index in [1.165, 1.54) is 0 Å². The summed E-state index contributed by atoms with van der Waals surface area (Å²) >= 11 is 12.2. The van der Waals surface area contributed by atoms with Crippen LogP contribution in [-0.2, 0) is 22.6 Å². The van der Waals surface area contributed by atoms with Gasteiger partial charge in [-0.3, -0.25) is 9.59 Å². The quantitative estimate of drug-likeness (QED) is 0.591. The molecule has 0 aliphatic heterocycles. The van der Waals surface area contributed by atoms with Gasteiger partial charge in [0.15, 0.2) is 0 Å². The maximum atomic E-state index is 13.3. The van der Waals surface area contributed by atoms with Gasteiger partial charge in [0.05, 0.1) is 16.5 Å². The lowest BCUT2D eigenvalue weighted by Gasteiger charge is -2.29. The predicted octanol–water partition coefficient (Wildman–Crippen LogP) is 5.34. The smallest absolute Gasteiger partial charge is 0.242 e. The monoisotopic (exact) mass is 448 g/mol. The van der Waals surface area contributed by atoms with Crippen LogP contribution in [0.1, 0.15) is 43.0 Å². The summed E-state index contributed by atoms with van der Waals surface area (Å²) in [6.07, 6.45) is 0.233. The Morgan fingerprint density at radius 3 is 2.33 bits per heavy atom. The van der Waals surface area contributed by atoms with E-state index in [4.69, 9.17) is 23.2 Å². The van der Waals surface area contributed by atoms with Crippen molar-refractivity contribution >= 4 is 35.0 Å². The molecule has 0 fully saturated rings. The number of benzene rings is 2. The maximum Gasteiger partial charge on any atom is 0.242 e. The summed E-state index contributed by atoms with van der Waals surface area (Å²) in [5.41, 5.74) is 3.94. The zero-order valence-corrected chi connectivity index (χ0v) is 19.8. The standard InChI is InChI=1S/C24H30Cl2N2O2/c1-15(2)13-27-24(30)18(5)28(14-19-8-9-21(25)22(26)11-19)23(29)12-20-10-16(3)6-7-17(20)4/h6-11,15,18H,12-14H2,1-5H3,(H,27,30)/t18-/m0/s1. The van der Waals surface area contributed by atoms with Crippen LogP contribution in [0, 0.1) is 19.8 Å². The molecule has 0 unspecified atom stereocenters. The Morgan fingerprint density at radius 1 is 1.00 bits per heavy atom. The molecule has 0 spiro atoms. The number of carbonyl (C=O) groups is 2. The van der Waals surface area contributed by atoms with E-state index in [9.17, 15) is 9.59 Å². The van der Waals surface area contributed by atoms with Gasteiger partial charge in [0, 0.05) is 13.1 Å². The highest BCUT2D eigenvalue weighted by atomic mass is 35.5. The SMILES string of the molecule is Cc1ccc(C)c(CC(=O)N(Cc2ccc(Cl)c(Cl)c2)[C@@H](C)C(=O)NCC(C)C)c1. The number of hydrogen-bond acceptors (Lipinski definition) is 2. The Balaban J connectivity index is 2.28. The summed E-state index contributed by atoms with van der Waals surface area (Å²) in [6, 6.07) is 10.7. The zero-order valence-electron chi connectivity index (χ0n) is 18.3. The van der Waals surface area contributed by atoms with Gasteiger partial charge in [-0.1, -0.05) is 66.9 Å². The molecule has 0 radical (unpaired) electrons. The van der Waals surface area contributed by atoms with Crippen LogP contribution in [0.5, 0.6) is 0 Å². The molecule has 0 heterocycles. The normalized spacial score (nSPS) is 12.0. The Morgan fingerprint density at radius 2 is 1.70 bits per heavy atom. The van der Waals surface area contributed by atoms with Crippen molar-refractivity contribution in [1.29, 1.82) is 0 Å². The maximum absolute atomic E-state index is 13.3. The van der Waals surface area contributed by atoms with Crippen LogP contribution < -0.4 is 5.32 Å². The highest BCUT2D eigenvalue weighted by Gasteiger charge is 2.26. The molecule has 0 saturated heterocycles. The minimum atomic E-state index is -0.615. The van der Waals surface area contributed by atoms with Crippen molar-refractivity contribution in [2.75, 3.05) is 6.54 Å². The van der Waals surface area contributed by atoms with Crippen molar-refractivity contribution in [3.8, 4) is 0 Å². The van der Waals surface area contributed by atoms with Crippen molar-refractivity contribution in [3.63, 3.8) is 0 Å². The van der Waals surface area contributed by atoms with Crippen LogP contribution in [0.2, 0.25) is 10.0 Å². The van der Waals surface area contributed by atoms with Gasteiger partial charge in [-0.2, -0.15) is 0 Å². The van der Waals surface area contributed by atoms with Gasteiger partial charge in [0.1, 0.15) is 6.04 Å². The fourth-order valence-corrected chi connectivity index (χ4v) is 3.45. The Hall–Kier alpha value is -2.04. The molecule has 0 aliphatic carbocycles. The summed E-state index contributed by atoms with van der Waals surface area (Å²) < 4.78 is 0. The first-order valence-corrected chi connectivity index (χ1v) is 10.9. The lowest BCUT2D eigenvalue weighted by atomic mass is 10.0. The Kier molecular flexibility index (Phi) is 8.75. The molecular formula is C24H30Cl2N2O2. The molecule has 4 nitrogen and oxygen atoms in total. The van der Waals surface area contributed by atoms with Crippen molar-refractivity contribution in [2.24, 2.45) is 5.92 Å². The third-order valence-corrected chi connectivity index (χ3v) is 5.77. The van der Waals surface area contributed by atoms with E-state index >= 15 is 0 Å². The van der Waals surface area contributed by atoms with Gasteiger partial charge in [-0.05, 0) is 55.5 Å². The number of nitrogens with one attached hydrogen (secondary N) is 1. The number of rotatable bonds is 8. The van der Waals surface area contributed by atoms with Crippen LogP contribution in [0.15, 0.2) is 36.4 Å². The molecule has 1 atom stereocenters. The van der Waals surface area contributed by atoms with Gasteiger partial charge in [-0.25, -0.2) is 0 Å². The van der Waals surface area contributed by atoms with Gasteiger partial charge >= 0.3 is 0 Å². The van der Waals surface area contributed by atoms with Crippen molar-refractivity contribution in [2.45, 2.75) is 53.6 Å². The summed E-state index contributed by atoms with van der Waals surface area (Å²) in [6.45, 7) is 10.7. The minimum Gasteiger partial charge on any atom is -0.354 e. The summed E-state index contributed by atoms with van der Waals surface area (Å²) in [5.74, 6) is 0.0513. The highest BCUT2D eigenvalue weighted by molar-refractivity contribution is 6.42. The summed E-state index contributed by atoms with van der Waals surface area (Å²) in [5, 5.41) is 3.81. The van der Waals surface area contributed by atoms with Gasteiger partial charge in [0.2, 0.25) is 11.8 Å². The van der Waals surface area contributed by atoms with E-state index in [1.807, 2.05) is 52.0 Å². The average molecular weight is 449 g/mol. The van der Waals surface area contributed by atoms with Crippen LogP contribution in [-0.4, -0.2) is 29.3 Å². The number of hydrogen-bond donors (Lipinski definition) is 1. The average Bonchev–Trinajstić information content (AvgIpc) is 2.69. The van der Waals surface area contributed by atoms with Crippen molar-refractivity contribution in [3.05, 3.63) is 68.7 Å². The molecule has 2 amide bonds. The second kappa shape index (κ2) is 10.8. The molecule has 162 valence electrons. The lowest BCUT2D eigenvalue weighted by molar-refractivity contribution is -0.140. The van der Waals surface area contributed by atoms with Crippen LogP contribution in [0.3, 0.4) is 0 Å². The molecule has 0 bridgehead atoms. The highest BCUT2D eigenvalue weighted by Crippen LogP contribution is 2.24. The topological polar surface area (TPSA) is 49.4 Å². The van der Waals surface area contributed by atoms with Gasteiger partial charge < -0.3 is 10.2 Å². The van der Waals surface area contributed by atoms with Gasteiger partial charge in [0.25, 0.3) is 0 Å². The predicted molar refractivity (Wildman–Crippen MR) is 124 cm³/mol. The number of carbonyl (C=O) groups excluding carboxylic acids is 2. The molecule has 2 aromatic carbocycles. The molecule has 0 saturated carbocycles. The number of halogens is 2. The summed E-state index contributed by atoms with van der Waals surface area (Å²) in [4.78, 5) is 27.6. The lowest BCUT2D eigenvalue weighted by Crippen LogP contribution is -2.48. The van der Waals surface area contributed by atoms with E-state index in [0.29, 0.717) is 22.5 Å². The van der Waals surface area contributed by atoms with E-state index in [0.717, 1.165) is 22.3 Å². The Labute approximate surface area is 189 Å². The van der Waals surface area contributed by atoms with E-state index < -0.39 is 6.04 Å². The third kappa shape index (κ3) is 6.75. The summed E-state index contributed by atoms with van der Waals surface area (Å²) in [7, 11) is 0. The third-order valence-electron chi connectivity index (χ3n) is 5.04. The second-order valence-electron chi connectivity index (χ2n) is 8.19. The molecule has 30 heavy (non-hydrogen) atoms. The molecule has 2 aromatic rings. The number of amides is 2. The van der Waals surface area contributed by atoms with Gasteiger partial charge in [-0.15, -0.1) is 0 Å². The Bertz CT molecular complexity index is 912. The van der Waals surface area contributed by atoms with E-state index in [2.05, 4.69) is 5.32 Å². The molecule has 2 rings (SSSR count). The minimum absolute atomic E-state index is 0.109. The first kappa shape index (κ1) is 24.2. The van der Waals surface area contributed by atoms with Crippen molar-refractivity contribution < 1.29 is 9.59 Å². The molecular weight excluding hydrogens is 419 g/mol. The van der Waals surface area contributed by atoms with Crippen LogP contribution >= 0.6 is 23.2 Å². The largest absolute Gasteiger partial charge is 0.354 e. The molecule has 6 heteroatoms. The van der Waals surface area contributed by atoms with Crippen LogP contribution in [0.4, 0.5) is 0 Å². The molecule has 0 aromatic heterocycles. The van der Waals surface area contributed by atoms with Crippen molar-refractivity contribution in [1.82, 2.24) is 10.2 Å². The second-order valence-corrected chi connectivity index (χ2v) is 9.01. The van der Waals surface area contributed by atoms with Crippen LogP contribution in [0.25, 0.3) is 0 Å². The zero-order chi connectivity index (χ0) is 22.4. The first-order chi connectivity index (χ1) is 14.1.